The molecule has 2 N–H and O–H groups in total. The predicted molar refractivity (Wildman–Crippen MR) is 185 cm³/mol. The van der Waals surface area contributed by atoms with Gasteiger partial charge in [-0.3, -0.25) is 9.59 Å². The topological polar surface area (TPSA) is 81.1 Å². The summed E-state index contributed by atoms with van der Waals surface area (Å²) in [5.41, 5.74) is 4.44. The molecular weight excluding hydrogens is 589 g/mol. The summed E-state index contributed by atoms with van der Waals surface area (Å²) in [6.45, 7) is 26.0. The van der Waals surface area contributed by atoms with Crippen LogP contribution in [0.15, 0.2) is 24.3 Å². The lowest BCUT2D eigenvalue weighted by Crippen LogP contribution is -2.39. The number of carbonyl (C=O) groups excluding carboxylic acids is 2. The van der Waals surface area contributed by atoms with Crippen molar-refractivity contribution in [2.45, 2.75) is 115 Å². The fraction of sp³-hybridized carbons (Fsp3) is 0.611. The fourth-order valence-electron chi connectivity index (χ4n) is 6.05. The second-order valence-electron chi connectivity index (χ2n) is 16.4. The third kappa shape index (κ3) is 6.91. The number of amides is 2. The second-order valence-corrected chi connectivity index (χ2v) is 18.6. The summed E-state index contributed by atoms with van der Waals surface area (Å²) in [4.78, 5) is 30.4. The van der Waals surface area contributed by atoms with Crippen LogP contribution < -0.4 is 0 Å². The Morgan fingerprint density at radius 3 is 1.05 bits per heavy atom. The van der Waals surface area contributed by atoms with E-state index < -0.39 is 0 Å². The Hall–Kier alpha value is -2.32. The van der Waals surface area contributed by atoms with E-state index in [2.05, 4.69) is 107 Å². The summed E-state index contributed by atoms with van der Waals surface area (Å²) in [5, 5.41) is 22.1. The minimum Gasteiger partial charge on any atom is -0.507 e. The van der Waals surface area contributed by atoms with Gasteiger partial charge in [-0.25, -0.2) is 0 Å². The molecule has 2 aliphatic heterocycles. The van der Waals surface area contributed by atoms with Crippen molar-refractivity contribution in [2.75, 3.05) is 24.6 Å². The van der Waals surface area contributed by atoms with E-state index >= 15 is 0 Å². The number of phenolic OH excluding ortho intramolecular Hbond substituents is 2. The smallest absolute Gasteiger partial charge is 0.233 e. The SMILES string of the molecule is CC(C)(C)c1cc([C@H]2SCC(=O)N2CCN2C(=O)CS[C@@H]2c2cc(C(C)(C)C)c(O)c(C(C)(C)C)c2)cc(C(C)(C)C)c1O. The normalized spacial score (nSPS) is 20.3. The number of carbonyl (C=O) groups is 2. The van der Waals surface area contributed by atoms with Gasteiger partial charge in [0, 0.05) is 13.1 Å². The van der Waals surface area contributed by atoms with Gasteiger partial charge in [-0.15, -0.1) is 23.5 Å². The van der Waals surface area contributed by atoms with E-state index in [9.17, 15) is 19.8 Å². The molecule has 6 nitrogen and oxygen atoms in total. The molecule has 242 valence electrons. The monoisotopic (exact) mass is 640 g/mol. The first kappa shape index (κ1) is 34.6. The van der Waals surface area contributed by atoms with E-state index in [1.165, 1.54) is 0 Å². The number of thioether (sulfide) groups is 2. The van der Waals surface area contributed by atoms with Crippen LogP contribution >= 0.6 is 23.5 Å². The van der Waals surface area contributed by atoms with E-state index in [4.69, 9.17) is 0 Å². The van der Waals surface area contributed by atoms with E-state index in [1.54, 1.807) is 23.5 Å². The second kappa shape index (κ2) is 11.8. The van der Waals surface area contributed by atoms with Crippen LogP contribution in [0.1, 0.15) is 127 Å². The molecule has 0 unspecified atom stereocenters. The Morgan fingerprint density at radius 1 is 0.568 bits per heavy atom. The lowest BCUT2D eigenvalue weighted by Gasteiger charge is -2.33. The van der Waals surface area contributed by atoms with Crippen LogP contribution in [0.3, 0.4) is 0 Å². The Kier molecular flexibility index (Phi) is 9.26. The van der Waals surface area contributed by atoms with E-state index in [-0.39, 0.29) is 44.2 Å². The van der Waals surface area contributed by atoms with Crippen LogP contribution in [0, 0.1) is 0 Å². The van der Waals surface area contributed by atoms with Gasteiger partial charge in [0.05, 0.1) is 11.5 Å². The Morgan fingerprint density at radius 2 is 0.818 bits per heavy atom. The highest BCUT2D eigenvalue weighted by molar-refractivity contribution is 8.00. The molecule has 0 radical (unpaired) electrons. The highest BCUT2D eigenvalue weighted by atomic mass is 32.2. The lowest BCUT2D eigenvalue weighted by molar-refractivity contribution is -0.132. The van der Waals surface area contributed by atoms with Gasteiger partial charge in [0.25, 0.3) is 0 Å². The number of nitrogens with zero attached hydrogens (tertiary/aromatic N) is 2. The maximum atomic E-state index is 13.3. The Labute approximate surface area is 273 Å². The van der Waals surface area contributed by atoms with Gasteiger partial charge in [0.2, 0.25) is 11.8 Å². The minimum atomic E-state index is -0.271. The van der Waals surface area contributed by atoms with E-state index in [0.29, 0.717) is 36.1 Å². The molecule has 0 bridgehead atoms. The van der Waals surface area contributed by atoms with Crippen molar-refractivity contribution in [2.24, 2.45) is 0 Å². The maximum Gasteiger partial charge on any atom is 0.233 e. The first-order chi connectivity index (χ1) is 20.0. The van der Waals surface area contributed by atoms with Crippen LogP contribution in [-0.2, 0) is 31.2 Å². The summed E-state index contributed by atoms with van der Waals surface area (Å²) in [5.74, 6) is 1.55. The van der Waals surface area contributed by atoms with E-state index in [1.807, 2.05) is 9.80 Å². The molecule has 2 amide bonds. The molecule has 0 spiro atoms. The molecule has 0 saturated carbocycles. The maximum absolute atomic E-state index is 13.3. The zero-order valence-corrected chi connectivity index (χ0v) is 30.3. The quantitative estimate of drug-likeness (QED) is 0.344. The third-order valence-electron chi connectivity index (χ3n) is 8.58. The third-order valence-corrected chi connectivity index (χ3v) is 11.1. The predicted octanol–water partition coefficient (Wildman–Crippen LogP) is 8.14. The van der Waals surface area contributed by atoms with Gasteiger partial charge in [-0.1, -0.05) is 83.1 Å². The van der Waals surface area contributed by atoms with Crippen molar-refractivity contribution in [3.05, 3.63) is 57.6 Å². The van der Waals surface area contributed by atoms with Crippen LogP contribution in [0.4, 0.5) is 0 Å². The van der Waals surface area contributed by atoms with Gasteiger partial charge in [0.1, 0.15) is 22.2 Å². The van der Waals surface area contributed by atoms with Gasteiger partial charge in [0.15, 0.2) is 0 Å². The van der Waals surface area contributed by atoms with Crippen molar-refractivity contribution in [3.8, 4) is 11.5 Å². The standard InChI is InChI=1S/C36H52N2O4S2/c1-33(2,3)23-15-21(16-24(29(23)41)34(4,5)6)31-37(27(39)19-43-31)13-14-38-28(40)20-44-32(38)22-17-25(35(7,8)9)30(42)26(18-22)36(10,11)12/h15-18,31-32,41-42H,13-14,19-20H2,1-12H3/t31-,32-/m1/s1. The number of benzene rings is 2. The Balaban J connectivity index is 1.68. The molecule has 2 heterocycles. The molecule has 2 saturated heterocycles. The molecular formula is C36H52N2O4S2. The van der Waals surface area contributed by atoms with Gasteiger partial charge >= 0.3 is 0 Å². The highest BCUT2D eigenvalue weighted by Gasteiger charge is 2.39. The molecule has 0 aliphatic carbocycles. The van der Waals surface area contributed by atoms with Crippen LogP contribution in [0.25, 0.3) is 0 Å². The van der Waals surface area contributed by atoms with Crippen molar-refractivity contribution in [1.29, 1.82) is 0 Å². The van der Waals surface area contributed by atoms with Crippen LogP contribution in [0.2, 0.25) is 0 Å². The fourth-order valence-corrected chi connectivity index (χ4v) is 8.44. The zero-order chi connectivity index (χ0) is 33.2. The van der Waals surface area contributed by atoms with Crippen molar-refractivity contribution in [3.63, 3.8) is 0 Å². The average Bonchev–Trinajstić information content (AvgIpc) is 3.41. The first-order valence-electron chi connectivity index (χ1n) is 15.6. The number of phenols is 2. The summed E-state index contributed by atoms with van der Waals surface area (Å²) >= 11 is 3.21. The van der Waals surface area contributed by atoms with Gasteiger partial charge in [-0.2, -0.15) is 0 Å². The molecule has 2 fully saturated rings. The molecule has 44 heavy (non-hydrogen) atoms. The van der Waals surface area contributed by atoms with Crippen molar-refractivity contribution in [1.82, 2.24) is 9.80 Å². The first-order valence-corrected chi connectivity index (χ1v) is 17.7. The lowest BCUT2D eigenvalue weighted by atomic mass is 9.78. The average molecular weight is 641 g/mol. The molecule has 2 aliphatic rings. The minimum absolute atomic E-state index is 0.0632. The number of hydrogen-bond acceptors (Lipinski definition) is 6. The molecule has 2 aromatic carbocycles. The number of rotatable bonds is 5. The van der Waals surface area contributed by atoms with Gasteiger partial charge < -0.3 is 20.0 Å². The summed E-state index contributed by atoms with van der Waals surface area (Å²) in [6, 6.07) is 8.25. The molecule has 8 heteroatoms. The summed E-state index contributed by atoms with van der Waals surface area (Å²) < 4.78 is 0. The van der Waals surface area contributed by atoms with Crippen LogP contribution in [0.5, 0.6) is 11.5 Å². The van der Waals surface area contributed by atoms with Crippen molar-refractivity contribution < 1.29 is 19.8 Å². The molecule has 2 aromatic rings. The van der Waals surface area contributed by atoms with Crippen molar-refractivity contribution >= 4 is 35.3 Å². The molecule has 2 atom stereocenters. The summed E-state index contributed by atoms with van der Waals surface area (Å²) in [7, 11) is 0. The Bertz CT molecular complexity index is 1260. The summed E-state index contributed by atoms with van der Waals surface area (Å²) in [6.07, 6.45) is 0. The molecule has 4 rings (SSSR count). The number of hydrogen-bond donors (Lipinski definition) is 2. The zero-order valence-electron chi connectivity index (χ0n) is 28.7. The number of aromatic hydroxyl groups is 2. The highest BCUT2D eigenvalue weighted by Crippen LogP contribution is 2.48. The van der Waals surface area contributed by atoms with Crippen LogP contribution in [-0.4, -0.2) is 56.4 Å². The van der Waals surface area contributed by atoms with Gasteiger partial charge in [-0.05, 0) is 79.3 Å². The molecule has 0 aromatic heterocycles. The largest absolute Gasteiger partial charge is 0.507 e. The van der Waals surface area contributed by atoms with E-state index in [0.717, 1.165) is 33.4 Å².